The van der Waals surface area contributed by atoms with Crippen molar-refractivity contribution in [2.24, 2.45) is 0 Å². The molecular formula is C16H16FNO3. The lowest BCUT2D eigenvalue weighted by molar-refractivity contribution is 0.0697. The lowest BCUT2D eigenvalue weighted by Crippen LogP contribution is -2.08. The highest BCUT2D eigenvalue weighted by Crippen LogP contribution is 2.29. The smallest absolute Gasteiger partial charge is 0.335 e. The van der Waals surface area contributed by atoms with Gasteiger partial charge in [0.1, 0.15) is 11.6 Å². The van der Waals surface area contributed by atoms with Crippen LogP contribution in [0, 0.1) is 5.82 Å². The quantitative estimate of drug-likeness (QED) is 0.871. The molecule has 5 heteroatoms. The lowest BCUT2D eigenvalue weighted by atomic mass is 10.2. The molecule has 21 heavy (non-hydrogen) atoms. The van der Waals surface area contributed by atoms with E-state index in [2.05, 4.69) is 5.32 Å². The van der Waals surface area contributed by atoms with Gasteiger partial charge in [-0.3, -0.25) is 0 Å². The van der Waals surface area contributed by atoms with Crippen LogP contribution < -0.4 is 10.1 Å². The molecular weight excluding hydrogens is 273 g/mol. The van der Waals surface area contributed by atoms with Gasteiger partial charge in [-0.15, -0.1) is 0 Å². The molecule has 0 aliphatic heterocycles. The third-order valence-corrected chi connectivity index (χ3v) is 2.73. The zero-order valence-electron chi connectivity index (χ0n) is 11.8. The Morgan fingerprint density at radius 2 is 1.90 bits per heavy atom. The van der Waals surface area contributed by atoms with Crippen molar-refractivity contribution in [3.05, 3.63) is 53.8 Å². The maximum Gasteiger partial charge on any atom is 0.335 e. The fourth-order valence-corrected chi connectivity index (χ4v) is 1.83. The monoisotopic (exact) mass is 289 g/mol. The third-order valence-electron chi connectivity index (χ3n) is 2.73. The van der Waals surface area contributed by atoms with Gasteiger partial charge < -0.3 is 15.2 Å². The van der Waals surface area contributed by atoms with E-state index in [1.165, 1.54) is 12.1 Å². The molecule has 0 aromatic heterocycles. The minimum Gasteiger partial charge on any atom is -0.489 e. The van der Waals surface area contributed by atoms with Crippen molar-refractivity contribution >= 4 is 17.3 Å². The molecule has 2 rings (SSSR count). The Balaban J connectivity index is 2.34. The maximum absolute atomic E-state index is 13.8. The summed E-state index contributed by atoms with van der Waals surface area (Å²) in [6, 6.07) is 10.7. The van der Waals surface area contributed by atoms with Crippen molar-refractivity contribution in [3.8, 4) is 5.75 Å². The Labute approximate surface area is 122 Å². The minimum atomic E-state index is -1.11. The van der Waals surface area contributed by atoms with Crippen molar-refractivity contribution in [2.75, 3.05) is 5.32 Å². The van der Waals surface area contributed by atoms with Crippen LogP contribution in [0.25, 0.3) is 0 Å². The van der Waals surface area contributed by atoms with Crippen molar-refractivity contribution in [2.45, 2.75) is 20.0 Å². The summed E-state index contributed by atoms with van der Waals surface area (Å²) in [4.78, 5) is 11.0. The van der Waals surface area contributed by atoms with Gasteiger partial charge in [-0.05, 0) is 44.2 Å². The highest BCUT2D eigenvalue weighted by Gasteiger charge is 2.11. The number of rotatable bonds is 5. The normalized spacial score (nSPS) is 10.5. The number of anilines is 2. The van der Waals surface area contributed by atoms with Gasteiger partial charge in [0.2, 0.25) is 0 Å². The van der Waals surface area contributed by atoms with Gasteiger partial charge in [0.15, 0.2) is 0 Å². The molecule has 0 unspecified atom stereocenters. The van der Waals surface area contributed by atoms with E-state index in [1.807, 2.05) is 19.9 Å². The number of carboxylic acid groups (broad SMARTS) is 1. The number of aromatic carboxylic acids is 1. The van der Waals surface area contributed by atoms with Gasteiger partial charge in [0.25, 0.3) is 0 Å². The third kappa shape index (κ3) is 3.72. The number of ether oxygens (including phenoxy) is 1. The van der Waals surface area contributed by atoms with Gasteiger partial charge in [-0.1, -0.05) is 12.1 Å². The molecule has 110 valence electrons. The number of carbonyl (C=O) groups is 1. The molecule has 0 heterocycles. The van der Waals surface area contributed by atoms with Crippen LogP contribution in [0.3, 0.4) is 0 Å². The van der Waals surface area contributed by atoms with Crippen molar-refractivity contribution in [1.29, 1.82) is 0 Å². The van der Waals surface area contributed by atoms with Crippen molar-refractivity contribution in [3.63, 3.8) is 0 Å². The van der Waals surface area contributed by atoms with Crippen LogP contribution in [0.15, 0.2) is 42.5 Å². The van der Waals surface area contributed by atoms with E-state index in [4.69, 9.17) is 9.84 Å². The van der Waals surface area contributed by atoms with Crippen LogP contribution in [0.4, 0.5) is 15.8 Å². The maximum atomic E-state index is 13.8. The summed E-state index contributed by atoms with van der Waals surface area (Å²) in [6.45, 7) is 3.78. The fourth-order valence-electron chi connectivity index (χ4n) is 1.83. The zero-order chi connectivity index (χ0) is 15.4. The molecule has 4 nitrogen and oxygen atoms in total. The standard InChI is InChI=1S/C16H16FNO3/c1-10(2)21-15-6-4-3-5-13(15)18-14-9-11(16(19)20)7-8-12(14)17/h3-10,18H,1-2H3,(H,19,20). The fraction of sp³-hybridized carbons (Fsp3) is 0.188. The van der Waals surface area contributed by atoms with E-state index < -0.39 is 11.8 Å². The Hall–Kier alpha value is -2.56. The number of hydrogen-bond acceptors (Lipinski definition) is 3. The molecule has 0 radical (unpaired) electrons. The summed E-state index contributed by atoms with van der Waals surface area (Å²) in [7, 11) is 0. The molecule has 2 N–H and O–H groups in total. The first-order valence-corrected chi connectivity index (χ1v) is 6.53. The Bertz CT molecular complexity index is 656. The van der Waals surface area contributed by atoms with Gasteiger partial charge in [-0.25, -0.2) is 9.18 Å². The summed E-state index contributed by atoms with van der Waals surface area (Å²) in [5.41, 5.74) is 0.684. The van der Waals surface area contributed by atoms with Crippen LogP contribution in [0.5, 0.6) is 5.75 Å². The largest absolute Gasteiger partial charge is 0.489 e. The van der Waals surface area contributed by atoms with E-state index in [0.29, 0.717) is 11.4 Å². The number of benzene rings is 2. The van der Waals surface area contributed by atoms with Crippen LogP contribution in [-0.2, 0) is 0 Å². The predicted octanol–water partition coefficient (Wildman–Crippen LogP) is 4.05. The molecule has 0 fully saturated rings. The molecule has 0 bridgehead atoms. The summed E-state index contributed by atoms with van der Waals surface area (Å²) in [6.07, 6.45) is -0.0249. The molecule has 0 saturated carbocycles. The molecule has 0 aliphatic rings. The number of hydrogen-bond donors (Lipinski definition) is 2. The Morgan fingerprint density at radius 1 is 1.19 bits per heavy atom. The number of carboxylic acids is 1. The number of halogens is 1. The van der Waals surface area contributed by atoms with Crippen molar-refractivity contribution in [1.82, 2.24) is 0 Å². The molecule has 0 atom stereocenters. The predicted molar refractivity (Wildman–Crippen MR) is 78.8 cm³/mol. The highest BCUT2D eigenvalue weighted by molar-refractivity contribution is 5.89. The second-order valence-corrected chi connectivity index (χ2v) is 4.79. The molecule has 2 aromatic rings. The first-order chi connectivity index (χ1) is 9.97. The molecule has 2 aromatic carbocycles. The topological polar surface area (TPSA) is 58.6 Å². The number of para-hydroxylation sites is 2. The lowest BCUT2D eigenvalue weighted by Gasteiger charge is -2.16. The van der Waals surface area contributed by atoms with Gasteiger partial charge in [-0.2, -0.15) is 0 Å². The van der Waals surface area contributed by atoms with E-state index in [9.17, 15) is 9.18 Å². The SMILES string of the molecule is CC(C)Oc1ccccc1Nc1cc(C(=O)O)ccc1F. The van der Waals surface area contributed by atoms with Gasteiger partial charge in [0, 0.05) is 0 Å². The first kappa shape index (κ1) is 14.8. The van der Waals surface area contributed by atoms with E-state index >= 15 is 0 Å². The van der Waals surface area contributed by atoms with E-state index in [-0.39, 0.29) is 17.4 Å². The van der Waals surface area contributed by atoms with Gasteiger partial charge >= 0.3 is 5.97 Å². The van der Waals surface area contributed by atoms with Crippen LogP contribution in [-0.4, -0.2) is 17.2 Å². The molecule has 0 saturated heterocycles. The number of nitrogens with one attached hydrogen (secondary N) is 1. The van der Waals surface area contributed by atoms with Crippen LogP contribution >= 0.6 is 0 Å². The van der Waals surface area contributed by atoms with Crippen LogP contribution in [0.1, 0.15) is 24.2 Å². The summed E-state index contributed by atoms with van der Waals surface area (Å²) >= 11 is 0. The molecule has 0 spiro atoms. The second-order valence-electron chi connectivity index (χ2n) is 4.79. The molecule has 0 aliphatic carbocycles. The Kier molecular flexibility index (Phi) is 4.42. The first-order valence-electron chi connectivity index (χ1n) is 6.53. The average Bonchev–Trinajstić information content (AvgIpc) is 2.42. The highest BCUT2D eigenvalue weighted by atomic mass is 19.1. The second kappa shape index (κ2) is 6.26. The van der Waals surface area contributed by atoms with Gasteiger partial charge in [0.05, 0.1) is 23.0 Å². The van der Waals surface area contributed by atoms with E-state index in [1.54, 1.807) is 18.2 Å². The summed E-state index contributed by atoms with van der Waals surface area (Å²) in [5, 5.41) is 11.8. The van der Waals surface area contributed by atoms with Crippen molar-refractivity contribution < 1.29 is 19.0 Å². The van der Waals surface area contributed by atoms with Crippen LogP contribution in [0.2, 0.25) is 0 Å². The summed E-state index contributed by atoms with van der Waals surface area (Å²) < 4.78 is 19.5. The summed E-state index contributed by atoms with van der Waals surface area (Å²) in [5.74, 6) is -1.06. The average molecular weight is 289 g/mol. The van der Waals surface area contributed by atoms with E-state index in [0.717, 1.165) is 6.07 Å². The Morgan fingerprint density at radius 3 is 2.57 bits per heavy atom. The molecule has 0 amide bonds. The zero-order valence-corrected chi connectivity index (χ0v) is 11.8. The minimum absolute atomic E-state index is 0.0150.